The number of rotatable bonds is 2. The van der Waals surface area contributed by atoms with Gasteiger partial charge in [-0.15, -0.1) is 11.3 Å². The van der Waals surface area contributed by atoms with Gasteiger partial charge in [-0.2, -0.15) is 5.26 Å². The van der Waals surface area contributed by atoms with E-state index in [2.05, 4.69) is 0 Å². The Hall–Kier alpha value is -1.34. The molecule has 19 heavy (non-hydrogen) atoms. The number of hydrogen-bond donors (Lipinski definition) is 3. The molecule has 1 aliphatic heterocycles. The number of thiophene rings is 1. The van der Waals surface area contributed by atoms with Crippen LogP contribution in [0.3, 0.4) is 0 Å². The van der Waals surface area contributed by atoms with Gasteiger partial charge in [-0.05, 0) is 0 Å². The minimum absolute atomic E-state index is 0.0686. The van der Waals surface area contributed by atoms with Crippen LogP contribution in [0.4, 0.5) is 10.7 Å². The maximum absolute atomic E-state index is 11.8. The summed E-state index contributed by atoms with van der Waals surface area (Å²) in [7, 11) is -3.60. The van der Waals surface area contributed by atoms with Gasteiger partial charge in [-0.3, -0.25) is 0 Å². The van der Waals surface area contributed by atoms with Crippen molar-refractivity contribution in [2.45, 2.75) is 17.1 Å². The van der Waals surface area contributed by atoms with Crippen LogP contribution in [0.1, 0.15) is 4.88 Å². The first kappa shape index (κ1) is 14.1. The summed E-state index contributed by atoms with van der Waals surface area (Å²) in [5.74, 6) is 0. The molecule has 1 aromatic heterocycles. The van der Waals surface area contributed by atoms with E-state index in [9.17, 15) is 18.6 Å². The minimum atomic E-state index is -3.60. The van der Waals surface area contributed by atoms with Crippen LogP contribution >= 0.6 is 11.3 Å². The van der Waals surface area contributed by atoms with Crippen molar-refractivity contribution in [2.24, 2.45) is 0 Å². The molecule has 1 aliphatic rings. The number of anilines is 2. The number of aliphatic hydroxyl groups excluding tert-OH is 2. The van der Waals surface area contributed by atoms with Gasteiger partial charge in [-0.1, -0.05) is 0 Å². The summed E-state index contributed by atoms with van der Waals surface area (Å²) in [5, 5.41) is 28.3. The predicted octanol–water partition coefficient (Wildman–Crippen LogP) is -0.853. The predicted molar refractivity (Wildman–Crippen MR) is 70.8 cm³/mol. The highest BCUT2D eigenvalue weighted by molar-refractivity contribution is 7.91. The Bertz CT molecular complexity index is 636. The lowest BCUT2D eigenvalue weighted by Crippen LogP contribution is -2.22. The quantitative estimate of drug-likeness (QED) is 0.649. The number of nitrogens with two attached hydrogens (primary N) is 1. The van der Waals surface area contributed by atoms with E-state index in [1.807, 2.05) is 6.07 Å². The van der Waals surface area contributed by atoms with Crippen molar-refractivity contribution in [2.75, 3.05) is 30.0 Å². The highest BCUT2D eigenvalue weighted by Crippen LogP contribution is 2.42. The van der Waals surface area contributed by atoms with Crippen molar-refractivity contribution in [3.8, 4) is 6.07 Å². The van der Waals surface area contributed by atoms with Gasteiger partial charge >= 0.3 is 0 Å². The Balaban J connectivity index is 2.56. The highest BCUT2D eigenvalue weighted by atomic mass is 32.2. The van der Waals surface area contributed by atoms with Crippen LogP contribution in [0.5, 0.6) is 0 Å². The van der Waals surface area contributed by atoms with Crippen LogP contribution in [0.2, 0.25) is 0 Å². The molecule has 4 N–H and O–H groups in total. The molecule has 1 aromatic rings. The van der Waals surface area contributed by atoms with Crippen molar-refractivity contribution in [1.82, 2.24) is 0 Å². The molecule has 2 unspecified atom stereocenters. The first-order valence-electron chi connectivity index (χ1n) is 5.39. The topological polar surface area (TPSA) is 128 Å². The van der Waals surface area contributed by atoms with Crippen molar-refractivity contribution in [3.05, 3.63) is 4.88 Å². The molecule has 0 radical (unpaired) electrons. The lowest BCUT2D eigenvalue weighted by atomic mass is 10.3. The van der Waals surface area contributed by atoms with Gasteiger partial charge in [0.25, 0.3) is 0 Å². The zero-order valence-corrected chi connectivity index (χ0v) is 11.7. The van der Waals surface area contributed by atoms with E-state index in [1.165, 1.54) is 4.90 Å². The molecule has 1 fully saturated rings. The van der Waals surface area contributed by atoms with E-state index in [0.29, 0.717) is 5.00 Å². The third kappa shape index (κ3) is 2.40. The summed E-state index contributed by atoms with van der Waals surface area (Å²) in [6.45, 7) is 0.211. The van der Waals surface area contributed by atoms with Gasteiger partial charge in [0, 0.05) is 19.3 Å². The fourth-order valence-electron chi connectivity index (χ4n) is 2.00. The molecule has 7 nitrogen and oxygen atoms in total. The zero-order valence-electron chi connectivity index (χ0n) is 10.1. The molecule has 2 heterocycles. The third-order valence-electron chi connectivity index (χ3n) is 2.90. The summed E-state index contributed by atoms with van der Waals surface area (Å²) in [4.78, 5) is 1.55. The van der Waals surface area contributed by atoms with Crippen molar-refractivity contribution in [3.63, 3.8) is 0 Å². The van der Waals surface area contributed by atoms with Gasteiger partial charge in [0.2, 0.25) is 0 Å². The highest BCUT2D eigenvalue weighted by Gasteiger charge is 2.35. The first-order chi connectivity index (χ1) is 8.75. The summed E-state index contributed by atoms with van der Waals surface area (Å²) in [5.41, 5.74) is 5.63. The van der Waals surface area contributed by atoms with E-state index in [-0.39, 0.29) is 28.5 Å². The minimum Gasteiger partial charge on any atom is -0.396 e. The molecule has 2 atom stereocenters. The summed E-state index contributed by atoms with van der Waals surface area (Å²) < 4.78 is 23.6. The average molecular weight is 303 g/mol. The molecule has 1 saturated heterocycles. The smallest absolute Gasteiger partial charge is 0.180 e. The second kappa shape index (κ2) is 4.64. The number of nitrogen functional groups attached to an aromatic ring is 1. The normalized spacial score (nSPS) is 23.6. The maximum Gasteiger partial charge on any atom is 0.180 e. The monoisotopic (exact) mass is 303 g/mol. The first-order valence-corrected chi connectivity index (χ1v) is 8.10. The molecule has 0 bridgehead atoms. The molecular formula is C10H13N3O4S2. The molecule has 0 saturated carbocycles. The molecule has 9 heteroatoms. The van der Waals surface area contributed by atoms with Crippen molar-refractivity contribution < 1.29 is 18.6 Å². The summed E-state index contributed by atoms with van der Waals surface area (Å²) >= 11 is 0.953. The van der Waals surface area contributed by atoms with E-state index < -0.39 is 22.0 Å². The van der Waals surface area contributed by atoms with Crippen LogP contribution in [-0.2, 0) is 9.84 Å². The van der Waals surface area contributed by atoms with E-state index in [0.717, 1.165) is 17.6 Å². The van der Waals surface area contributed by atoms with Crippen molar-refractivity contribution in [1.29, 1.82) is 5.26 Å². The van der Waals surface area contributed by atoms with Gasteiger partial charge < -0.3 is 20.8 Å². The number of β-amino-alcohol motifs (C(OH)–C–C–N with tert-alkyl or cyclic N) is 2. The van der Waals surface area contributed by atoms with E-state index >= 15 is 0 Å². The SMILES string of the molecule is CS(=O)(=O)c1c(N2CC(O)C(O)C2)sc(C#N)c1N. The Morgan fingerprint density at radius 3 is 2.37 bits per heavy atom. The Kier molecular flexibility index (Phi) is 3.44. The average Bonchev–Trinajstić information content (AvgIpc) is 2.79. The van der Waals surface area contributed by atoms with E-state index in [4.69, 9.17) is 11.0 Å². The molecule has 0 aromatic carbocycles. The zero-order chi connectivity index (χ0) is 14.4. The fraction of sp³-hybridized carbons (Fsp3) is 0.500. The van der Waals surface area contributed by atoms with Crippen LogP contribution in [-0.4, -0.2) is 50.2 Å². The molecule has 0 spiro atoms. The summed E-state index contributed by atoms with van der Waals surface area (Å²) in [6, 6.07) is 1.85. The Morgan fingerprint density at radius 1 is 1.42 bits per heavy atom. The number of sulfone groups is 1. The standard InChI is InChI=1S/C10H13N3O4S2/c1-19(16,17)9-8(12)7(2-11)18-10(9)13-3-5(14)6(15)4-13/h5-6,14-15H,3-4,12H2,1H3. The van der Waals surface area contributed by atoms with Gasteiger partial charge in [0.15, 0.2) is 9.84 Å². The second-order valence-corrected chi connectivity index (χ2v) is 7.35. The van der Waals surface area contributed by atoms with Crippen molar-refractivity contribution >= 4 is 31.9 Å². The largest absolute Gasteiger partial charge is 0.396 e. The molecular weight excluding hydrogens is 290 g/mol. The molecule has 104 valence electrons. The maximum atomic E-state index is 11.8. The van der Waals surface area contributed by atoms with Crippen LogP contribution in [0.15, 0.2) is 4.90 Å². The molecule has 0 aliphatic carbocycles. The third-order valence-corrected chi connectivity index (χ3v) is 5.36. The van der Waals surface area contributed by atoms with Gasteiger partial charge in [0.1, 0.15) is 20.8 Å². The summed E-state index contributed by atoms with van der Waals surface area (Å²) in [6.07, 6.45) is -0.874. The lowest BCUT2D eigenvalue weighted by molar-refractivity contribution is 0.0572. The van der Waals surface area contributed by atoms with Gasteiger partial charge in [-0.25, -0.2) is 8.42 Å². The Morgan fingerprint density at radius 2 is 1.95 bits per heavy atom. The number of nitriles is 1. The van der Waals surface area contributed by atoms with E-state index in [1.54, 1.807) is 0 Å². The van der Waals surface area contributed by atoms with Crippen LogP contribution in [0.25, 0.3) is 0 Å². The number of nitrogens with zero attached hydrogens (tertiary/aromatic N) is 2. The molecule has 2 rings (SSSR count). The number of aliphatic hydroxyl groups is 2. The fourth-order valence-corrected chi connectivity index (χ4v) is 4.52. The van der Waals surface area contributed by atoms with Crippen LogP contribution < -0.4 is 10.6 Å². The number of hydrogen-bond acceptors (Lipinski definition) is 8. The molecule has 0 amide bonds. The lowest BCUT2D eigenvalue weighted by Gasteiger charge is -2.16. The Labute approximate surface area is 114 Å². The van der Waals surface area contributed by atoms with Crippen LogP contribution in [0, 0.1) is 11.3 Å². The van der Waals surface area contributed by atoms with Gasteiger partial charge in [0.05, 0.1) is 17.9 Å². The second-order valence-electron chi connectivity index (χ2n) is 4.40.